The number of nitrogens with one attached hydrogen (secondary N) is 2. The largest absolute Gasteiger partial charge is 0.473 e. The smallest absolute Gasteiger partial charge is 0.251 e. The van der Waals surface area contributed by atoms with Crippen LogP contribution in [0.2, 0.25) is 0 Å². The van der Waals surface area contributed by atoms with Gasteiger partial charge < -0.3 is 15.0 Å². The lowest BCUT2D eigenvalue weighted by molar-refractivity contribution is 0.0953. The van der Waals surface area contributed by atoms with Crippen molar-refractivity contribution in [3.63, 3.8) is 0 Å². The van der Waals surface area contributed by atoms with Crippen molar-refractivity contribution in [3.8, 4) is 17.1 Å². The fraction of sp³-hybridized carbons (Fsp3) is 0.280. The molecular weight excluding hydrogens is 421 g/mol. The quantitative estimate of drug-likeness (QED) is 0.391. The standard InChI is InChI=1S/C25H24FN5O2/c26-18-9-6-16(7-10-18)23-25(33-19-3-1-4-19)31-20-11-8-17(15-21(20)30-23)24(32)29-12-2-5-22-27-13-14-28-22/h6-11,13-15,19H,1-5,12H2,(H,27,28)(H,29,32). The van der Waals surface area contributed by atoms with Gasteiger partial charge in [0.2, 0.25) is 5.88 Å². The number of fused-ring (bicyclic) bond motifs is 1. The van der Waals surface area contributed by atoms with E-state index in [0.29, 0.717) is 40.3 Å². The van der Waals surface area contributed by atoms with Gasteiger partial charge in [-0.1, -0.05) is 0 Å². The average Bonchev–Trinajstić information content (AvgIpc) is 3.32. The highest BCUT2D eigenvalue weighted by Gasteiger charge is 2.23. The van der Waals surface area contributed by atoms with Crippen LogP contribution in [0, 0.1) is 5.82 Å². The molecule has 0 atom stereocenters. The van der Waals surface area contributed by atoms with Crippen LogP contribution < -0.4 is 10.1 Å². The molecule has 5 rings (SSSR count). The topological polar surface area (TPSA) is 92.8 Å². The maximum absolute atomic E-state index is 13.5. The number of benzene rings is 2. The highest BCUT2D eigenvalue weighted by Crippen LogP contribution is 2.33. The van der Waals surface area contributed by atoms with Gasteiger partial charge in [0.25, 0.3) is 5.91 Å². The first-order valence-electron chi connectivity index (χ1n) is 11.2. The molecule has 7 nitrogen and oxygen atoms in total. The SMILES string of the molecule is O=C(NCCCc1ncc[nH]1)c1ccc2nc(OC3CCC3)c(-c3ccc(F)cc3)nc2c1. The number of H-pyrrole nitrogens is 1. The van der Waals surface area contributed by atoms with Crippen LogP contribution in [0.1, 0.15) is 41.9 Å². The molecule has 2 heterocycles. The molecule has 0 aliphatic heterocycles. The molecule has 1 fully saturated rings. The maximum Gasteiger partial charge on any atom is 0.251 e. The van der Waals surface area contributed by atoms with Gasteiger partial charge in [0.05, 0.1) is 11.0 Å². The second kappa shape index (κ2) is 9.36. The fourth-order valence-electron chi connectivity index (χ4n) is 3.70. The molecule has 2 aromatic carbocycles. The van der Waals surface area contributed by atoms with Crippen molar-refractivity contribution in [2.45, 2.75) is 38.2 Å². The second-order valence-corrected chi connectivity index (χ2v) is 8.15. The van der Waals surface area contributed by atoms with Gasteiger partial charge >= 0.3 is 0 Å². The Morgan fingerprint density at radius 1 is 1.12 bits per heavy atom. The number of carbonyl (C=O) groups excluding carboxylic acids is 1. The molecule has 0 spiro atoms. The third kappa shape index (κ3) is 4.84. The number of ether oxygens (including phenoxy) is 1. The van der Waals surface area contributed by atoms with E-state index in [1.807, 2.05) is 0 Å². The summed E-state index contributed by atoms with van der Waals surface area (Å²) in [6.45, 7) is 0.540. The van der Waals surface area contributed by atoms with Crippen LogP contribution in [0.25, 0.3) is 22.3 Å². The van der Waals surface area contributed by atoms with E-state index in [-0.39, 0.29) is 17.8 Å². The number of amides is 1. The first kappa shape index (κ1) is 21.1. The average molecular weight is 445 g/mol. The van der Waals surface area contributed by atoms with Crippen LogP contribution in [0.3, 0.4) is 0 Å². The first-order chi connectivity index (χ1) is 16.2. The molecule has 4 aromatic rings. The number of nitrogens with zero attached hydrogens (tertiary/aromatic N) is 3. The predicted octanol–water partition coefficient (Wildman–Crippen LogP) is 4.45. The molecule has 2 aromatic heterocycles. The summed E-state index contributed by atoms with van der Waals surface area (Å²) in [6, 6.07) is 11.3. The number of aromatic amines is 1. The van der Waals surface area contributed by atoms with Gasteiger partial charge in [0.15, 0.2) is 0 Å². The molecule has 0 saturated heterocycles. The zero-order valence-corrected chi connectivity index (χ0v) is 18.1. The molecule has 2 N–H and O–H groups in total. The van der Waals surface area contributed by atoms with Crippen molar-refractivity contribution in [3.05, 3.63) is 72.1 Å². The molecule has 1 aliphatic carbocycles. The van der Waals surface area contributed by atoms with Crippen molar-refractivity contribution in [1.29, 1.82) is 0 Å². The summed E-state index contributed by atoms with van der Waals surface area (Å²) < 4.78 is 19.6. The van der Waals surface area contributed by atoms with Crippen LogP contribution in [0.5, 0.6) is 5.88 Å². The van der Waals surface area contributed by atoms with Crippen molar-refractivity contribution in [2.24, 2.45) is 0 Å². The van der Waals surface area contributed by atoms with E-state index in [2.05, 4.69) is 20.3 Å². The first-order valence-corrected chi connectivity index (χ1v) is 11.2. The van der Waals surface area contributed by atoms with Gasteiger partial charge in [-0.15, -0.1) is 0 Å². The summed E-state index contributed by atoms with van der Waals surface area (Å²) in [7, 11) is 0. The normalized spacial score (nSPS) is 13.6. The molecular formula is C25H24FN5O2. The Hall–Kier alpha value is -3.81. The number of aryl methyl sites for hydroxylation is 1. The zero-order chi connectivity index (χ0) is 22.6. The highest BCUT2D eigenvalue weighted by molar-refractivity contribution is 5.97. The second-order valence-electron chi connectivity index (χ2n) is 8.15. The Morgan fingerprint density at radius 3 is 2.70 bits per heavy atom. The Bertz CT molecular complexity index is 1250. The molecule has 1 saturated carbocycles. The number of carbonyl (C=O) groups is 1. The number of aromatic nitrogens is 4. The van der Waals surface area contributed by atoms with E-state index in [0.717, 1.165) is 37.9 Å². The lowest BCUT2D eigenvalue weighted by Crippen LogP contribution is -2.25. The molecule has 1 amide bonds. The fourth-order valence-corrected chi connectivity index (χ4v) is 3.70. The summed E-state index contributed by atoms with van der Waals surface area (Å²) in [5.41, 5.74) is 2.99. The maximum atomic E-state index is 13.5. The van der Waals surface area contributed by atoms with Crippen LogP contribution >= 0.6 is 0 Å². The third-order valence-corrected chi connectivity index (χ3v) is 5.77. The van der Waals surface area contributed by atoms with Crippen molar-refractivity contribution in [2.75, 3.05) is 6.54 Å². The van der Waals surface area contributed by atoms with Crippen LogP contribution in [0.4, 0.5) is 4.39 Å². The lowest BCUT2D eigenvalue weighted by Gasteiger charge is -2.26. The Labute approximate surface area is 190 Å². The minimum atomic E-state index is -0.319. The van der Waals surface area contributed by atoms with E-state index in [4.69, 9.17) is 9.72 Å². The third-order valence-electron chi connectivity index (χ3n) is 5.77. The van der Waals surface area contributed by atoms with Gasteiger partial charge in [0.1, 0.15) is 23.4 Å². The molecule has 8 heteroatoms. The molecule has 168 valence electrons. The van der Waals surface area contributed by atoms with E-state index in [1.165, 1.54) is 12.1 Å². The minimum absolute atomic E-state index is 0.127. The lowest BCUT2D eigenvalue weighted by atomic mass is 9.96. The monoisotopic (exact) mass is 445 g/mol. The number of halogens is 1. The van der Waals surface area contributed by atoms with E-state index < -0.39 is 0 Å². The molecule has 0 radical (unpaired) electrons. The summed E-state index contributed by atoms with van der Waals surface area (Å²) in [5, 5.41) is 2.94. The van der Waals surface area contributed by atoms with Gasteiger partial charge in [-0.05, 0) is 68.1 Å². The van der Waals surface area contributed by atoms with E-state index >= 15 is 0 Å². The predicted molar refractivity (Wildman–Crippen MR) is 122 cm³/mol. The van der Waals surface area contributed by atoms with Crippen molar-refractivity contribution < 1.29 is 13.9 Å². The number of rotatable bonds is 8. The summed E-state index contributed by atoms with van der Waals surface area (Å²) >= 11 is 0. The summed E-state index contributed by atoms with van der Waals surface area (Å²) in [6.07, 6.45) is 8.28. The van der Waals surface area contributed by atoms with Gasteiger partial charge in [-0.25, -0.2) is 19.3 Å². The molecule has 0 bridgehead atoms. The van der Waals surface area contributed by atoms with Crippen molar-refractivity contribution >= 4 is 16.9 Å². The van der Waals surface area contributed by atoms with Crippen LogP contribution in [0.15, 0.2) is 54.9 Å². The number of imidazole rings is 1. The van der Waals surface area contributed by atoms with Gasteiger partial charge in [-0.2, -0.15) is 0 Å². The zero-order valence-electron chi connectivity index (χ0n) is 18.1. The number of hydrogen-bond donors (Lipinski definition) is 2. The summed E-state index contributed by atoms with van der Waals surface area (Å²) in [5.74, 6) is 0.851. The van der Waals surface area contributed by atoms with Crippen LogP contribution in [-0.4, -0.2) is 38.5 Å². The summed E-state index contributed by atoms with van der Waals surface area (Å²) in [4.78, 5) is 29.3. The highest BCUT2D eigenvalue weighted by atomic mass is 19.1. The van der Waals surface area contributed by atoms with Gasteiger partial charge in [0, 0.05) is 36.5 Å². The van der Waals surface area contributed by atoms with Gasteiger partial charge in [-0.3, -0.25) is 4.79 Å². The molecule has 1 aliphatic rings. The Balaban J connectivity index is 1.37. The Kier molecular flexibility index (Phi) is 5.97. The van der Waals surface area contributed by atoms with E-state index in [9.17, 15) is 9.18 Å². The van der Waals surface area contributed by atoms with Crippen molar-refractivity contribution in [1.82, 2.24) is 25.3 Å². The minimum Gasteiger partial charge on any atom is -0.473 e. The molecule has 33 heavy (non-hydrogen) atoms. The number of hydrogen-bond acceptors (Lipinski definition) is 5. The van der Waals surface area contributed by atoms with E-state index in [1.54, 1.807) is 42.7 Å². The van der Waals surface area contributed by atoms with Crippen LogP contribution in [-0.2, 0) is 6.42 Å². The Morgan fingerprint density at radius 2 is 1.97 bits per heavy atom. The molecule has 0 unspecified atom stereocenters.